The van der Waals surface area contributed by atoms with Crippen LogP contribution < -0.4 is 10.6 Å². The number of halogens is 1. The van der Waals surface area contributed by atoms with Gasteiger partial charge in [-0.2, -0.15) is 0 Å². The van der Waals surface area contributed by atoms with Crippen LogP contribution in [-0.4, -0.2) is 107 Å². The molecule has 0 aliphatic carbocycles. The highest BCUT2D eigenvalue weighted by Gasteiger charge is 2.76. The summed E-state index contributed by atoms with van der Waals surface area (Å²) in [7, 11) is 0. The molecule has 0 aromatic heterocycles. The third-order valence-electron chi connectivity index (χ3n) is 8.23. The molecule has 4 aliphatic rings. The van der Waals surface area contributed by atoms with Gasteiger partial charge in [0, 0.05) is 36.7 Å². The molecule has 11 heteroatoms. The van der Waals surface area contributed by atoms with Gasteiger partial charge in [0.2, 0.25) is 17.7 Å². The fraction of sp³-hybridized carbons (Fsp3) is 0.654. The topological polar surface area (TPSA) is 120 Å². The molecule has 3 unspecified atom stereocenters. The number of carbonyl (C=O) groups is 3. The van der Waals surface area contributed by atoms with E-state index in [4.69, 9.17) is 9.47 Å². The number of hydrogen-bond donors (Lipinski definition) is 3. The van der Waals surface area contributed by atoms with E-state index in [-0.39, 0.29) is 29.2 Å². The van der Waals surface area contributed by atoms with Crippen LogP contribution in [0.1, 0.15) is 19.8 Å². The second-order valence-corrected chi connectivity index (χ2v) is 11.4. The number of benzene rings is 1. The van der Waals surface area contributed by atoms with Crippen LogP contribution in [0.3, 0.4) is 0 Å². The smallest absolute Gasteiger partial charge is 0.245 e. The normalized spacial score (nSPS) is 33.9. The summed E-state index contributed by atoms with van der Waals surface area (Å²) in [6.45, 7) is 5.67. The summed E-state index contributed by atoms with van der Waals surface area (Å²) in [4.78, 5) is 44.8. The van der Waals surface area contributed by atoms with Crippen LogP contribution in [0.2, 0.25) is 0 Å². The van der Waals surface area contributed by atoms with Gasteiger partial charge in [-0.05, 0) is 25.0 Å². The molecule has 4 saturated heterocycles. The molecule has 1 aromatic rings. The highest BCUT2D eigenvalue weighted by atomic mass is 79.9. The lowest BCUT2D eigenvalue weighted by Crippen LogP contribution is -2.58. The monoisotopic (exact) mass is 578 g/mol. The molecule has 4 heterocycles. The van der Waals surface area contributed by atoms with Crippen LogP contribution in [0.4, 0.5) is 5.69 Å². The molecule has 0 radical (unpaired) electrons. The fourth-order valence-electron chi connectivity index (χ4n) is 6.48. The zero-order valence-corrected chi connectivity index (χ0v) is 22.6. The van der Waals surface area contributed by atoms with E-state index in [1.54, 1.807) is 12.1 Å². The first-order valence-corrected chi connectivity index (χ1v) is 14.0. The van der Waals surface area contributed by atoms with Crippen molar-refractivity contribution < 1.29 is 29.0 Å². The Morgan fingerprint density at radius 2 is 1.95 bits per heavy atom. The summed E-state index contributed by atoms with van der Waals surface area (Å²) in [5.74, 6) is -2.46. The van der Waals surface area contributed by atoms with E-state index >= 15 is 0 Å². The lowest BCUT2D eigenvalue weighted by Gasteiger charge is -2.36. The van der Waals surface area contributed by atoms with Crippen LogP contribution in [0, 0.1) is 11.8 Å². The van der Waals surface area contributed by atoms with Crippen molar-refractivity contribution in [2.24, 2.45) is 11.8 Å². The summed E-state index contributed by atoms with van der Waals surface area (Å²) in [5.41, 5.74) is -0.503. The maximum atomic E-state index is 14.0. The van der Waals surface area contributed by atoms with Crippen molar-refractivity contribution in [1.82, 2.24) is 15.1 Å². The lowest BCUT2D eigenvalue weighted by molar-refractivity contribution is -0.145. The van der Waals surface area contributed by atoms with Crippen LogP contribution in [0.5, 0.6) is 0 Å². The van der Waals surface area contributed by atoms with Crippen molar-refractivity contribution in [3.8, 4) is 0 Å². The van der Waals surface area contributed by atoms with Gasteiger partial charge >= 0.3 is 0 Å². The van der Waals surface area contributed by atoms with Crippen LogP contribution in [0.25, 0.3) is 0 Å². The predicted octanol–water partition coefficient (Wildman–Crippen LogP) is 0.592. The van der Waals surface area contributed by atoms with Crippen molar-refractivity contribution in [3.05, 3.63) is 30.3 Å². The zero-order chi connectivity index (χ0) is 26.2. The Balaban J connectivity index is 1.41. The molecule has 4 aliphatic heterocycles. The van der Waals surface area contributed by atoms with Crippen molar-refractivity contribution in [1.29, 1.82) is 0 Å². The first-order chi connectivity index (χ1) is 17.9. The number of anilines is 1. The number of alkyl halides is 1. The first-order valence-electron chi connectivity index (χ1n) is 13.1. The Morgan fingerprint density at radius 1 is 1.22 bits per heavy atom. The van der Waals surface area contributed by atoms with E-state index in [9.17, 15) is 19.5 Å². The minimum absolute atomic E-state index is 0.180. The van der Waals surface area contributed by atoms with E-state index in [0.29, 0.717) is 44.8 Å². The fourth-order valence-corrected chi connectivity index (χ4v) is 7.42. The summed E-state index contributed by atoms with van der Waals surface area (Å²) >= 11 is 3.68. The number of para-hydroxylation sites is 1. The van der Waals surface area contributed by atoms with Crippen molar-refractivity contribution in [2.75, 3.05) is 51.3 Å². The van der Waals surface area contributed by atoms with Crippen molar-refractivity contribution >= 4 is 39.3 Å². The van der Waals surface area contributed by atoms with Gasteiger partial charge in [0.15, 0.2) is 0 Å². The van der Waals surface area contributed by atoms with Crippen LogP contribution in [-0.2, 0) is 23.9 Å². The molecule has 0 saturated carbocycles. The molecular weight excluding hydrogens is 544 g/mol. The van der Waals surface area contributed by atoms with Gasteiger partial charge in [-0.25, -0.2) is 0 Å². The average molecular weight is 579 g/mol. The molecule has 2 bridgehead atoms. The van der Waals surface area contributed by atoms with Gasteiger partial charge in [-0.1, -0.05) is 41.1 Å². The molecule has 10 nitrogen and oxygen atoms in total. The van der Waals surface area contributed by atoms with E-state index in [1.807, 2.05) is 25.1 Å². The Hall–Kier alpha value is -2.05. The number of ether oxygens (including phenoxy) is 2. The number of rotatable bonds is 9. The van der Waals surface area contributed by atoms with Gasteiger partial charge < -0.3 is 30.1 Å². The van der Waals surface area contributed by atoms with Crippen LogP contribution >= 0.6 is 15.9 Å². The highest BCUT2D eigenvalue weighted by molar-refractivity contribution is 9.09. The summed E-state index contributed by atoms with van der Waals surface area (Å²) < 4.78 is 11.9. The Bertz CT molecular complexity index is 1000. The standard InChI is InChI=1S/C26H35BrN4O6/c1-2-17(15-32)31-22(24(34)28-8-9-30-10-12-36-13-11-30)26-14-18(27)21(37-26)19(20(26)25(31)35)23(33)29-16-6-4-3-5-7-16/h3-7,17-22,32H,2,8-15H2,1H3,(H,28,34)(H,29,33)/t17-,18?,19-,20-,21-,22?,26?/m0/s1. The number of amides is 3. The number of hydrogen-bond acceptors (Lipinski definition) is 7. The Morgan fingerprint density at radius 3 is 2.62 bits per heavy atom. The first kappa shape index (κ1) is 26.6. The largest absolute Gasteiger partial charge is 0.394 e. The number of aliphatic hydroxyl groups excluding tert-OH is 1. The maximum absolute atomic E-state index is 14.0. The number of likely N-dealkylation sites (tertiary alicyclic amines) is 1. The summed E-state index contributed by atoms with van der Waals surface area (Å²) in [5, 5.41) is 16.1. The van der Waals surface area contributed by atoms with Crippen molar-refractivity contribution in [3.63, 3.8) is 0 Å². The molecule has 4 fully saturated rings. The minimum atomic E-state index is -1.14. The maximum Gasteiger partial charge on any atom is 0.245 e. The molecule has 5 rings (SSSR count). The van der Waals surface area contributed by atoms with E-state index in [1.165, 1.54) is 4.90 Å². The number of aliphatic hydroxyl groups is 1. The molecule has 202 valence electrons. The van der Waals surface area contributed by atoms with Gasteiger partial charge in [0.05, 0.1) is 43.8 Å². The Kier molecular flexibility index (Phi) is 7.88. The number of fused-ring (bicyclic) bond motifs is 1. The quantitative estimate of drug-likeness (QED) is 0.367. The summed E-state index contributed by atoms with van der Waals surface area (Å²) in [6.07, 6.45) is 0.381. The third kappa shape index (κ3) is 4.69. The number of nitrogens with zero attached hydrogens (tertiary/aromatic N) is 2. The molecule has 7 atom stereocenters. The molecule has 1 aromatic carbocycles. The predicted molar refractivity (Wildman–Crippen MR) is 139 cm³/mol. The molecule has 1 spiro atoms. The van der Waals surface area contributed by atoms with Crippen LogP contribution in [0.15, 0.2) is 30.3 Å². The zero-order valence-electron chi connectivity index (χ0n) is 21.0. The van der Waals surface area contributed by atoms with Gasteiger partial charge in [0.1, 0.15) is 11.6 Å². The summed E-state index contributed by atoms with van der Waals surface area (Å²) in [6, 6.07) is 7.63. The van der Waals surface area contributed by atoms with E-state index < -0.39 is 35.6 Å². The third-order valence-corrected chi connectivity index (χ3v) is 9.07. The number of carbonyl (C=O) groups excluding carboxylic acids is 3. The lowest BCUT2D eigenvalue weighted by atomic mass is 9.70. The molecule has 37 heavy (non-hydrogen) atoms. The van der Waals surface area contributed by atoms with Gasteiger partial charge in [0.25, 0.3) is 0 Å². The molecule has 3 amide bonds. The highest BCUT2D eigenvalue weighted by Crippen LogP contribution is 2.60. The van der Waals surface area contributed by atoms with Gasteiger partial charge in [-0.15, -0.1) is 0 Å². The number of nitrogens with one attached hydrogen (secondary N) is 2. The van der Waals surface area contributed by atoms with E-state index in [0.717, 1.165) is 13.1 Å². The molecule has 3 N–H and O–H groups in total. The average Bonchev–Trinajstić information content (AvgIpc) is 3.50. The van der Waals surface area contributed by atoms with Gasteiger partial charge in [-0.3, -0.25) is 19.3 Å². The van der Waals surface area contributed by atoms with E-state index in [2.05, 4.69) is 31.5 Å². The second-order valence-electron chi connectivity index (χ2n) is 10.3. The Labute approximate surface area is 225 Å². The number of morpholine rings is 1. The SMILES string of the molecule is CC[C@@H](CO)N1C(=O)[C@@H]2[C@H](C(=O)Nc3ccccc3)[C@H]3OC2(CC3Br)C1C(=O)NCCN1CCOCC1. The molecular formula is C26H35BrN4O6. The minimum Gasteiger partial charge on any atom is -0.394 e. The van der Waals surface area contributed by atoms with Crippen molar-refractivity contribution in [2.45, 2.75) is 48.4 Å². The second kappa shape index (κ2) is 11.0.